The lowest BCUT2D eigenvalue weighted by molar-refractivity contribution is -0.121. The van der Waals surface area contributed by atoms with Gasteiger partial charge in [-0.05, 0) is 42.7 Å². The van der Waals surface area contributed by atoms with Crippen LogP contribution < -0.4 is 5.32 Å². The Morgan fingerprint density at radius 2 is 1.93 bits per heavy atom. The number of rotatable bonds is 4. The highest BCUT2D eigenvalue weighted by Crippen LogP contribution is 2.42. The number of imidazole rings is 1. The number of nitrogens with zero attached hydrogens (tertiary/aromatic N) is 2. The van der Waals surface area contributed by atoms with Gasteiger partial charge in [-0.25, -0.2) is 9.37 Å². The van der Waals surface area contributed by atoms with Crippen LogP contribution in [0.15, 0.2) is 60.9 Å². The van der Waals surface area contributed by atoms with E-state index in [0.29, 0.717) is 0 Å². The second-order valence-electron chi connectivity index (χ2n) is 7.20. The SMILES string of the molecule is Cn1ccnc1-c1cccc(NC(=O)C2(c3cccc(F)c3)CCCC2)c1. The maximum atomic E-state index is 13.8. The number of amides is 1. The Hall–Kier alpha value is -2.95. The fraction of sp³-hybridized carbons (Fsp3) is 0.273. The molecule has 4 rings (SSSR count). The van der Waals surface area contributed by atoms with Crippen molar-refractivity contribution in [2.45, 2.75) is 31.1 Å². The van der Waals surface area contributed by atoms with Crippen molar-refractivity contribution in [1.82, 2.24) is 9.55 Å². The van der Waals surface area contributed by atoms with Gasteiger partial charge in [-0.2, -0.15) is 0 Å². The Morgan fingerprint density at radius 1 is 1.15 bits per heavy atom. The van der Waals surface area contributed by atoms with E-state index in [9.17, 15) is 9.18 Å². The molecule has 0 atom stereocenters. The van der Waals surface area contributed by atoms with Gasteiger partial charge < -0.3 is 9.88 Å². The number of hydrogen-bond acceptors (Lipinski definition) is 2. The number of aromatic nitrogens is 2. The fourth-order valence-electron chi connectivity index (χ4n) is 4.04. The quantitative estimate of drug-likeness (QED) is 0.732. The maximum Gasteiger partial charge on any atom is 0.235 e. The molecule has 1 aliphatic carbocycles. The van der Waals surface area contributed by atoms with Crippen molar-refractivity contribution in [3.63, 3.8) is 0 Å². The van der Waals surface area contributed by atoms with Crippen molar-refractivity contribution in [3.8, 4) is 11.4 Å². The largest absolute Gasteiger partial charge is 0.334 e. The van der Waals surface area contributed by atoms with E-state index in [1.165, 1.54) is 12.1 Å². The van der Waals surface area contributed by atoms with E-state index in [0.717, 1.165) is 48.3 Å². The van der Waals surface area contributed by atoms with Crippen LogP contribution in [0.25, 0.3) is 11.4 Å². The van der Waals surface area contributed by atoms with E-state index < -0.39 is 5.41 Å². The molecule has 0 aliphatic heterocycles. The number of carbonyl (C=O) groups is 1. The zero-order valence-electron chi connectivity index (χ0n) is 15.3. The molecule has 1 fully saturated rings. The lowest BCUT2D eigenvalue weighted by atomic mass is 9.78. The molecule has 4 nitrogen and oxygen atoms in total. The van der Waals surface area contributed by atoms with E-state index in [-0.39, 0.29) is 11.7 Å². The van der Waals surface area contributed by atoms with Crippen LogP contribution in [0, 0.1) is 5.82 Å². The zero-order chi connectivity index (χ0) is 18.9. The fourth-order valence-corrected chi connectivity index (χ4v) is 4.04. The van der Waals surface area contributed by atoms with Gasteiger partial charge in [-0.1, -0.05) is 37.1 Å². The highest BCUT2D eigenvalue weighted by molar-refractivity contribution is 5.99. The summed E-state index contributed by atoms with van der Waals surface area (Å²) in [4.78, 5) is 17.6. The molecule has 1 amide bonds. The van der Waals surface area contributed by atoms with Gasteiger partial charge in [0.05, 0.1) is 5.41 Å². The molecule has 5 heteroatoms. The topological polar surface area (TPSA) is 46.9 Å². The number of halogens is 1. The molecule has 1 N–H and O–H groups in total. The number of aryl methyl sites for hydroxylation is 1. The maximum absolute atomic E-state index is 13.8. The number of nitrogens with one attached hydrogen (secondary N) is 1. The molecule has 0 spiro atoms. The first-order chi connectivity index (χ1) is 13.1. The van der Waals surface area contributed by atoms with Crippen molar-refractivity contribution in [1.29, 1.82) is 0 Å². The van der Waals surface area contributed by atoms with Gasteiger partial charge in [0.1, 0.15) is 11.6 Å². The Kier molecular flexibility index (Phi) is 4.52. The number of carbonyl (C=O) groups excluding carboxylic acids is 1. The molecule has 3 aromatic rings. The third-order valence-corrected chi connectivity index (χ3v) is 5.47. The van der Waals surface area contributed by atoms with Gasteiger partial charge in [-0.15, -0.1) is 0 Å². The van der Waals surface area contributed by atoms with Crippen LogP contribution in [0.1, 0.15) is 31.2 Å². The number of benzene rings is 2. The number of hydrogen-bond donors (Lipinski definition) is 1. The predicted octanol–water partition coefficient (Wildman–Crippen LogP) is 4.68. The highest BCUT2D eigenvalue weighted by atomic mass is 19.1. The van der Waals surface area contributed by atoms with Crippen LogP contribution in [0.2, 0.25) is 0 Å². The lowest BCUT2D eigenvalue weighted by Crippen LogP contribution is -2.38. The van der Waals surface area contributed by atoms with E-state index in [4.69, 9.17) is 0 Å². The summed E-state index contributed by atoms with van der Waals surface area (Å²) in [7, 11) is 1.94. The molecular weight excluding hydrogens is 341 g/mol. The van der Waals surface area contributed by atoms with Crippen LogP contribution in [0.4, 0.5) is 10.1 Å². The molecule has 0 radical (unpaired) electrons. The molecule has 0 bridgehead atoms. The summed E-state index contributed by atoms with van der Waals surface area (Å²) in [5.41, 5.74) is 1.76. The van der Waals surface area contributed by atoms with E-state index in [2.05, 4.69) is 10.3 Å². The molecule has 1 saturated carbocycles. The average Bonchev–Trinajstić information content (AvgIpc) is 3.32. The summed E-state index contributed by atoms with van der Waals surface area (Å²) in [6.07, 6.45) is 7.05. The second kappa shape index (κ2) is 6.99. The van der Waals surface area contributed by atoms with Crippen molar-refractivity contribution in [2.24, 2.45) is 7.05 Å². The molecule has 1 aliphatic rings. The van der Waals surface area contributed by atoms with Crippen LogP contribution in [0.5, 0.6) is 0 Å². The first-order valence-corrected chi connectivity index (χ1v) is 9.24. The van der Waals surface area contributed by atoms with Gasteiger partial charge in [0.15, 0.2) is 0 Å². The third-order valence-electron chi connectivity index (χ3n) is 5.47. The molecule has 1 aromatic heterocycles. The Labute approximate surface area is 158 Å². The standard InChI is InChI=1S/C22H22FN3O/c1-26-13-12-24-20(26)16-6-4-9-19(14-16)25-21(27)22(10-2-3-11-22)17-7-5-8-18(23)15-17/h4-9,12-15H,2-3,10-11H2,1H3,(H,25,27). The second-order valence-corrected chi connectivity index (χ2v) is 7.20. The summed E-state index contributed by atoms with van der Waals surface area (Å²) >= 11 is 0. The van der Waals surface area contributed by atoms with Crippen LogP contribution >= 0.6 is 0 Å². The van der Waals surface area contributed by atoms with Crippen LogP contribution in [-0.2, 0) is 17.3 Å². The molecule has 1 heterocycles. The lowest BCUT2D eigenvalue weighted by Gasteiger charge is -2.28. The summed E-state index contributed by atoms with van der Waals surface area (Å²) < 4.78 is 15.7. The van der Waals surface area contributed by atoms with Crippen LogP contribution in [0.3, 0.4) is 0 Å². The van der Waals surface area contributed by atoms with Crippen molar-refractivity contribution < 1.29 is 9.18 Å². The summed E-state index contributed by atoms with van der Waals surface area (Å²) in [6, 6.07) is 14.1. The number of anilines is 1. The third kappa shape index (κ3) is 3.25. The minimum atomic E-state index is -0.665. The monoisotopic (exact) mass is 363 g/mol. The molecular formula is C22H22FN3O. The minimum Gasteiger partial charge on any atom is -0.334 e. The van der Waals surface area contributed by atoms with Crippen molar-refractivity contribution in [3.05, 3.63) is 72.3 Å². The Morgan fingerprint density at radius 3 is 2.63 bits per heavy atom. The molecule has 27 heavy (non-hydrogen) atoms. The minimum absolute atomic E-state index is 0.0670. The summed E-state index contributed by atoms with van der Waals surface area (Å²) in [5, 5.41) is 3.07. The highest BCUT2D eigenvalue weighted by Gasteiger charge is 2.42. The first-order valence-electron chi connectivity index (χ1n) is 9.24. The first kappa shape index (κ1) is 17.5. The summed E-state index contributed by atoms with van der Waals surface area (Å²) in [6.45, 7) is 0. The van der Waals surface area contributed by atoms with Crippen molar-refractivity contribution in [2.75, 3.05) is 5.32 Å². The Balaban J connectivity index is 1.64. The molecule has 0 unspecified atom stereocenters. The predicted molar refractivity (Wildman–Crippen MR) is 104 cm³/mol. The van der Waals surface area contributed by atoms with Crippen LogP contribution in [-0.4, -0.2) is 15.5 Å². The van der Waals surface area contributed by atoms with Crippen molar-refractivity contribution >= 4 is 11.6 Å². The summed E-state index contributed by atoms with van der Waals surface area (Å²) in [5.74, 6) is 0.470. The van der Waals surface area contributed by atoms with E-state index in [1.807, 2.05) is 48.1 Å². The average molecular weight is 363 g/mol. The van der Waals surface area contributed by atoms with E-state index >= 15 is 0 Å². The Bertz CT molecular complexity index is 973. The molecule has 138 valence electrons. The van der Waals surface area contributed by atoms with Gasteiger partial charge in [0, 0.05) is 30.7 Å². The molecule has 0 saturated heterocycles. The van der Waals surface area contributed by atoms with Gasteiger partial charge in [-0.3, -0.25) is 4.79 Å². The van der Waals surface area contributed by atoms with Gasteiger partial charge >= 0.3 is 0 Å². The smallest absolute Gasteiger partial charge is 0.235 e. The van der Waals surface area contributed by atoms with E-state index in [1.54, 1.807) is 12.3 Å². The normalized spacial score (nSPS) is 15.6. The van der Waals surface area contributed by atoms with Gasteiger partial charge in [0.25, 0.3) is 0 Å². The zero-order valence-corrected chi connectivity index (χ0v) is 15.3. The molecule has 2 aromatic carbocycles. The van der Waals surface area contributed by atoms with Gasteiger partial charge in [0.2, 0.25) is 5.91 Å².